The van der Waals surface area contributed by atoms with E-state index >= 15 is 0 Å². The van der Waals surface area contributed by atoms with Crippen molar-refractivity contribution in [1.82, 2.24) is 4.90 Å². The fourth-order valence-electron chi connectivity index (χ4n) is 2.81. The summed E-state index contributed by atoms with van der Waals surface area (Å²) in [6.45, 7) is 5.70. The summed E-state index contributed by atoms with van der Waals surface area (Å²) in [4.78, 5) is 15.6. The fourth-order valence-corrected chi connectivity index (χ4v) is 3.76. The first kappa shape index (κ1) is 20.1. The minimum atomic E-state index is -0.0692. The number of hydrogen-bond acceptors (Lipinski definition) is 4. The van der Waals surface area contributed by atoms with E-state index in [1.54, 1.807) is 18.9 Å². The summed E-state index contributed by atoms with van der Waals surface area (Å²) in [5, 5.41) is -0.0692. The van der Waals surface area contributed by atoms with Gasteiger partial charge in [0.1, 0.15) is 5.75 Å². The SMILES string of the molecule is COc1ccc(SC(C)C(=O)N2CCC(C(C)N)CC2)cc1.Cl. The van der Waals surface area contributed by atoms with Crippen LogP contribution in [0.1, 0.15) is 26.7 Å². The Morgan fingerprint density at radius 1 is 1.26 bits per heavy atom. The Labute approximate surface area is 149 Å². The van der Waals surface area contributed by atoms with Crippen molar-refractivity contribution in [3.05, 3.63) is 24.3 Å². The number of piperidine rings is 1. The summed E-state index contributed by atoms with van der Waals surface area (Å²) in [5.41, 5.74) is 5.96. The van der Waals surface area contributed by atoms with E-state index in [0.29, 0.717) is 5.92 Å². The van der Waals surface area contributed by atoms with E-state index in [4.69, 9.17) is 10.5 Å². The molecule has 1 heterocycles. The summed E-state index contributed by atoms with van der Waals surface area (Å²) in [6.07, 6.45) is 2.03. The van der Waals surface area contributed by atoms with Crippen LogP contribution < -0.4 is 10.5 Å². The molecule has 1 aromatic carbocycles. The van der Waals surface area contributed by atoms with Gasteiger partial charge in [0.15, 0.2) is 0 Å². The minimum absolute atomic E-state index is 0. The molecule has 1 amide bonds. The molecule has 1 aromatic rings. The third-order valence-corrected chi connectivity index (χ3v) is 5.41. The number of rotatable bonds is 5. The number of nitrogens with two attached hydrogens (primary N) is 1. The second-order valence-electron chi connectivity index (χ2n) is 5.96. The maximum absolute atomic E-state index is 12.6. The summed E-state index contributed by atoms with van der Waals surface area (Å²) in [6, 6.07) is 8.07. The molecule has 23 heavy (non-hydrogen) atoms. The number of nitrogens with zero attached hydrogens (tertiary/aromatic N) is 1. The average molecular weight is 359 g/mol. The number of likely N-dealkylation sites (tertiary alicyclic amines) is 1. The summed E-state index contributed by atoms with van der Waals surface area (Å²) in [7, 11) is 1.65. The minimum Gasteiger partial charge on any atom is -0.497 e. The monoisotopic (exact) mass is 358 g/mol. The summed E-state index contributed by atoms with van der Waals surface area (Å²) in [5.74, 6) is 1.61. The Hall–Kier alpha value is -0.910. The van der Waals surface area contributed by atoms with E-state index in [9.17, 15) is 4.79 Å². The number of halogens is 1. The predicted octanol–water partition coefficient (Wildman–Crippen LogP) is 3.18. The molecular weight excluding hydrogens is 332 g/mol. The normalized spacial score (nSPS) is 18.0. The zero-order valence-electron chi connectivity index (χ0n) is 14.0. The van der Waals surface area contributed by atoms with E-state index < -0.39 is 0 Å². The van der Waals surface area contributed by atoms with Gasteiger partial charge >= 0.3 is 0 Å². The van der Waals surface area contributed by atoms with Gasteiger partial charge in [0.25, 0.3) is 0 Å². The second kappa shape index (κ2) is 9.40. The molecule has 130 valence electrons. The Kier molecular flexibility index (Phi) is 8.23. The van der Waals surface area contributed by atoms with Gasteiger partial charge in [-0.3, -0.25) is 4.79 Å². The van der Waals surface area contributed by atoms with Crippen LogP contribution in [-0.2, 0) is 4.79 Å². The third kappa shape index (κ3) is 5.59. The highest BCUT2D eigenvalue weighted by atomic mass is 35.5. The number of thioether (sulfide) groups is 1. The van der Waals surface area contributed by atoms with Crippen LogP contribution in [0.3, 0.4) is 0 Å². The Bertz CT molecular complexity index is 488. The molecule has 2 N–H and O–H groups in total. The molecule has 1 saturated heterocycles. The van der Waals surface area contributed by atoms with Crippen LogP contribution in [0.2, 0.25) is 0 Å². The van der Waals surface area contributed by atoms with Gasteiger partial charge in [0, 0.05) is 24.0 Å². The Balaban J connectivity index is 0.00000264. The Morgan fingerprint density at radius 2 is 1.83 bits per heavy atom. The third-order valence-electron chi connectivity index (χ3n) is 4.31. The van der Waals surface area contributed by atoms with Crippen molar-refractivity contribution in [1.29, 1.82) is 0 Å². The van der Waals surface area contributed by atoms with Gasteiger partial charge in [-0.15, -0.1) is 24.2 Å². The van der Waals surface area contributed by atoms with Gasteiger partial charge in [-0.1, -0.05) is 0 Å². The van der Waals surface area contributed by atoms with Gasteiger partial charge in [0.2, 0.25) is 5.91 Å². The number of ether oxygens (including phenoxy) is 1. The van der Waals surface area contributed by atoms with Crippen LogP contribution in [0.15, 0.2) is 29.2 Å². The summed E-state index contributed by atoms with van der Waals surface area (Å²) >= 11 is 1.60. The fraction of sp³-hybridized carbons (Fsp3) is 0.588. The van der Waals surface area contributed by atoms with Gasteiger partial charge in [0.05, 0.1) is 12.4 Å². The van der Waals surface area contributed by atoms with E-state index in [1.807, 2.05) is 36.1 Å². The molecule has 0 saturated carbocycles. The standard InChI is InChI=1S/C17H26N2O2S.ClH/c1-12(18)14-8-10-19(11-9-14)17(20)13(2)22-16-6-4-15(21-3)5-7-16;/h4-7,12-14H,8-11,18H2,1-3H3;1H. The summed E-state index contributed by atoms with van der Waals surface area (Å²) < 4.78 is 5.15. The molecule has 4 nitrogen and oxygen atoms in total. The smallest absolute Gasteiger partial charge is 0.235 e. The maximum atomic E-state index is 12.6. The number of carbonyl (C=O) groups excluding carboxylic acids is 1. The van der Waals surface area contributed by atoms with Crippen molar-refractivity contribution in [2.75, 3.05) is 20.2 Å². The molecule has 1 aliphatic rings. The number of carbonyl (C=O) groups is 1. The lowest BCUT2D eigenvalue weighted by atomic mass is 9.91. The molecule has 2 atom stereocenters. The molecule has 0 radical (unpaired) electrons. The highest BCUT2D eigenvalue weighted by Gasteiger charge is 2.27. The van der Waals surface area contributed by atoms with Crippen LogP contribution >= 0.6 is 24.2 Å². The van der Waals surface area contributed by atoms with Crippen LogP contribution in [0.25, 0.3) is 0 Å². The number of hydrogen-bond donors (Lipinski definition) is 1. The first-order chi connectivity index (χ1) is 10.5. The molecule has 2 rings (SSSR count). The lowest BCUT2D eigenvalue weighted by Crippen LogP contribution is -2.45. The highest BCUT2D eigenvalue weighted by molar-refractivity contribution is 8.00. The molecule has 0 spiro atoms. The zero-order valence-corrected chi connectivity index (χ0v) is 15.7. The first-order valence-corrected chi connectivity index (χ1v) is 8.74. The van der Waals surface area contributed by atoms with E-state index in [-0.39, 0.29) is 29.6 Å². The van der Waals surface area contributed by atoms with Crippen molar-refractivity contribution >= 4 is 30.1 Å². The quantitative estimate of drug-likeness (QED) is 0.821. The van der Waals surface area contributed by atoms with E-state index in [2.05, 4.69) is 6.92 Å². The number of benzene rings is 1. The maximum Gasteiger partial charge on any atom is 0.235 e. The second-order valence-corrected chi connectivity index (χ2v) is 7.37. The molecule has 0 aromatic heterocycles. The topological polar surface area (TPSA) is 55.6 Å². The molecule has 0 aliphatic carbocycles. The van der Waals surface area contributed by atoms with Gasteiger partial charge in [-0.05, 0) is 56.9 Å². The van der Waals surface area contributed by atoms with Crippen molar-refractivity contribution in [3.63, 3.8) is 0 Å². The molecule has 1 aliphatic heterocycles. The van der Waals surface area contributed by atoms with E-state index in [1.165, 1.54) is 0 Å². The lowest BCUT2D eigenvalue weighted by Gasteiger charge is -2.35. The van der Waals surface area contributed by atoms with Gasteiger partial charge in [-0.2, -0.15) is 0 Å². The molecule has 1 fully saturated rings. The van der Waals surface area contributed by atoms with Gasteiger partial charge in [-0.25, -0.2) is 0 Å². The average Bonchev–Trinajstić information content (AvgIpc) is 2.55. The van der Waals surface area contributed by atoms with Crippen molar-refractivity contribution in [3.8, 4) is 5.75 Å². The van der Waals surface area contributed by atoms with Crippen molar-refractivity contribution in [2.45, 2.75) is 42.9 Å². The predicted molar refractivity (Wildman–Crippen MR) is 98.5 cm³/mol. The number of methoxy groups -OCH3 is 1. The van der Waals surface area contributed by atoms with Crippen LogP contribution in [0.5, 0.6) is 5.75 Å². The van der Waals surface area contributed by atoms with Crippen molar-refractivity contribution in [2.24, 2.45) is 11.7 Å². The van der Waals surface area contributed by atoms with E-state index in [0.717, 1.165) is 36.6 Å². The molecule has 6 heteroatoms. The first-order valence-electron chi connectivity index (χ1n) is 7.86. The molecule has 2 unspecified atom stereocenters. The van der Waals surface area contributed by atoms with Crippen LogP contribution in [0, 0.1) is 5.92 Å². The highest BCUT2D eigenvalue weighted by Crippen LogP contribution is 2.28. The van der Waals surface area contributed by atoms with Crippen LogP contribution in [-0.4, -0.2) is 42.3 Å². The molecule has 0 bridgehead atoms. The van der Waals surface area contributed by atoms with Crippen LogP contribution in [0.4, 0.5) is 0 Å². The van der Waals surface area contributed by atoms with Gasteiger partial charge < -0.3 is 15.4 Å². The zero-order chi connectivity index (χ0) is 16.1. The largest absolute Gasteiger partial charge is 0.497 e. The lowest BCUT2D eigenvalue weighted by molar-refractivity contribution is -0.131. The molecular formula is C17H27ClN2O2S. The Morgan fingerprint density at radius 3 is 2.30 bits per heavy atom. The van der Waals surface area contributed by atoms with Crippen molar-refractivity contribution < 1.29 is 9.53 Å². The number of amides is 1.